The lowest BCUT2D eigenvalue weighted by molar-refractivity contribution is -0.129. The Balaban J connectivity index is 0.00000162. The third kappa shape index (κ3) is 3.76. The van der Waals surface area contributed by atoms with Crippen molar-refractivity contribution in [3.63, 3.8) is 0 Å². The van der Waals surface area contributed by atoms with Crippen LogP contribution in [0.1, 0.15) is 32.6 Å². The normalized spacial score (nSPS) is 30.6. The molecule has 0 aliphatic carbocycles. The van der Waals surface area contributed by atoms with E-state index in [1.54, 1.807) is 0 Å². The van der Waals surface area contributed by atoms with E-state index in [0.29, 0.717) is 26.1 Å². The van der Waals surface area contributed by atoms with Crippen LogP contribution in [-0.4, -0.2) is 41.7 Å². The quantitative estimate of drug-likeness (QED) is 0.824. The molecule has 2 saturated heterocycles. The van der Waals surface area contributed by atoms with Crippen molar-refractivity contribution in [1.29, 1.82) is 0 Å². The Labute approximate surface area is 119 Å². The van der Waals surface area contributed by atoms with Crippen molar-refractivity contribution in [3.05, 3.63) is 0 Å². The van der Waals surface area contributed by atoms with Crippen LogP contribution in [0, 0.1) is 0 Å². The van der Waals surface area contributed by atoms with Gasteiger partial charge in [0, 0.05) is 24.5 Å². The summed E-state index contributed by atoms with van der Waals surface area (Å²) < 4.78 is 5.45. The number of thioether (sulfide) groups is 1. The Hall–Kier alpha value is 0.0300. The van der Waals surface area contributed by atoms with E-state index in [2.05, 4.69) is 12.2 Å². The molecule has 0 aromatic carbocycles. The predicted octanol–water partition coefficient (Wildman–Crippen LogP) is 1.32. The average molecular weight is 295 g/mol. The Bertz CT molecular complexity index is 290. The van der Waals surface area contributed by atoms with E-state index in [-0.39, 0.29) is 23.1 Å². The Kier molecular flexibility index (Phi) is 5.77. The van der Waals surface area contributed by atoms with E-state index in [4.69, 9.17) is 10.5 Å². The highest BCUT2D eigenvalue weighted by Crippen LogP contribution is 2.37. The molecule has 2 aliphatic heterocycles. The molecule has 0 radical (unpaired) electrons. The standard InChI is InChI=1S/C12H22N2O2S.ClH/c1-11(3-2-8-17-11)9-14-10(15)12(13)4-6-16-7-5-12;/h2-9,13H2,1H3,(H,14,15);1H. The van der Waals surface area contributed by atoms with Gasteiger partial charge < -0.3 is 15.8 Å². The molecule has 2 aliphatic rings. The fourth-order valence-corrected chi connectivity index (χ4v) is 3.63. The third-order valence-electron chi connectivity index (χ3n) is 3.76. The molecule has 4 nitrogen and oxygen atoms in total. The van der Waals surface area contributed by atoms with Gasteiger partial charge in [0.1, 0.15) is 0 Å². The maximum absolute atomic E-state index is 12.1. The van der Waals surface area contributed by atoms with Crippen LogP contribution in [0.2, 0.25) is 0 Å². The minimum absolute atomic E-state index is 0. The monoisotopic (exact) mass is 294 g/mol. The summed E-state index contributed by atoms with van der Waals surface area (Å²) in [5.41, 5.74) is 5.42. The van der Waals surface area contributed by atoms with Crippen molar-refractivity contribution < 1.29 is 9.53 Å². The summed E-state index contributed by atoms with van der Waals surface area (Å²) in [5, 5.41) is 3.04. The minimum Gasteiger partial charge on any atom is -0.381 e. The van der Waals surface area contributed by atoms with Gasteiger partial charge in [-0.3, -0.25) is 4.79 Å². The molecule has 0 spiro atoms. The molecule has 106 valence electrons. The molecule has 1 atom stereocenters. The molecular weight excluding hydrogens is 272 g/mol. The first-order valence-corrected chi connectivity index (χ1v) is 7.32. The van der Waals surface area contributed by atoms with Crippen LogP contribution in [-0.2, 0) is 9.53 Å². The minimum atomic E-state index is -0.710. The van der Waals surface area contributed by atoms with Crippen LogP contribution in [0.3, 0.4) is 0 Å². The van der Waals surface area contributed by atoms with Gasteiger partial charge in [0.2, 0.25) is 5.91 Å². The van der Waals surface area contributed by atoms with E-state index in [9.17, 15) is 4.79 Å². The second kappa shape index (κ2) is 6.46. The summed E-state index contributed by atoms with van der Waals surface area (Å²) >= 11 is 1.95. The molecule has 0 saturated carbocycles. The molecule has 1 unspecified atom stereocenters. The molecule has 0 bridgehead atoms. The third-order valence-corrected chi connectivity index (χ3v) is 5.30. The highest BCUT2D eigenvalue weighted by Gasteiger charge is 2.37. The molecule has 2 rings (SSSR count). The van der Waals surface area contributed by atoms with Crippen LogP contribution >= 0.6 is 24.2 Å². The summed E-state index contributed by atoms with van der Waals surface area (Å²) in [4.78, 5) is 12.1. The number of ether oxygens (including phenoxy) is 1. The first-order chi connectivity index (χ1) is 8.04. The van der Waals surface area contributed by atoms with Gasteiger partial charge in [0.25, 0.3) is 0 Å². The zero-order valence-electron chi connectivity index (χ0n) is 10.9. The Morgan fingerprint density at radius 1 is 1.39 bits per heavy atom. The van der Waals surface area contributed by atoms with Crippen molar-refractivity contribution in [3.8, 4) is 0 Å². The van der Waals surface area contributed by atoms with Gasteiger partial charge in [0.15, 0.2) is 0 Å². The van der Waals surface area contributed by atoms with Crippen molar-refractivity contribution in [2.45, 2.75) is 42.9 Å². The van der Waals surface area contributed by atoms with Crippen LogP contribution in [0.4, 0.5) is 0 Å². The first kappa shape index (κ1) is 16.1. The van der Waals surface area contributed by atoms with Gasteiger partial charge in [-0.05, 0) is 38.4 Å². The molecule has 2 fully saturated rings. The Morgan fingerprint density at radius 3 is 2.61 bits per heavy atom. The second-order valence-corrected chi connectivity index (χ2v) is 7.04. The maximum Gasteiger partial charge on any atom is 0.240 e. The Morgan fingerprint density at radius 2 is 2.06 bits per heavy atom. The van der Waals surface area contributed by atoms with Crippen LogP contribution in [0.5, 0.6) is 0 Å². The second-order valence-electron chi connectivity index (χ2n) is 5.35. The lowest BCUT2D eigenvalue weighted by Gasteiger charge is -2.33. The van der Waals surface area contributed by atoms with Crippen LogP contribution in [0.25, 0.3) is 0 Å². The first-order valence-electron chi connectivity index (χ1n) is 6.33. The van der Waals surface area contributed by atoms with Gasteiger partial charge >= 0.3 is 0 Å². The smallest absolute Gasteiger partial charge is 0.240 e. The molecule has 0 aromatic rings. The van der Waals surface area contributed by atoms with E-state index >= 15 is 0 Å². The number of carbonyl (C=O) groups is 1. The number of carbonyl (C=O) groups excluding carboxylic acids is 1. The number of hydrogen-bond donors (Lipinski definition) is 2. The molecular formula is C12H23ClN2O2S. The summed E-state index contributed by atoms with van der Waals surface area (Å²) in [5.74, 6) is 1.20. The zero-order valence-corrected chi connectivity index (χ0v) is 12.5. The van der Waals surface area contributed by atoms with Crippen molar-refractivity contribution >= 4 is 30.1 Å². The van der Waals surface area contributed by atoms with Crippen molar-refractivity contribution in [2.24, 2.45) is 5.73 Å². The number of amides is 1. The largest absolute Gasteiger partial charge is 0.381 e. The number of halogens is 1. The van der Waals surface area contributed by atoms with Gasteiger partial charge in [0.05, 0.1) is 5.54 Å². The fraction of sp³-hybridized carbons (Fsp3) is 0.917. The molecule has 18 heavy (non-hydrogen) atoms. The molecule has 0 aromatic heterocycles. The topological polar surface area (TPSA) is 64.4 Å². The number of nitrogens with one attached hydrogen (secondary N) is 1. The average Bonchev–Trinajstić information content (AvgIpc) is 2.75. The summed E-state index contributed by atoms with van der Waals surface area (Å²) in [7, 11) is 0. The van der Waals surface area contributed by atoms with Gasteiger partial charge in [-0.1, -0.05) is 0 Å². The molecule has 1 amide bonds. The summed E-state index contributed by atoms with van der Waals surface area (Å²) in [6, 6.07) is 0. The van der Waals surface area contributed by atoms with Gasteiger partial charge in [-0.15, -0.1) is 12.4 Å². The number of hydrogen-bond acceptors (Lipinski definition) is 4. The zero-order chi connectivity index (χ0) is 12.4. The van der Waals surface area contributed by atoms with E-state index in [0.717, 1.165) is 6.54 Å². The summed E-state index contributed by atoms with van der Waals surface area (Å²) in [6.07, 6.45) is 3.68. The SMILES string of the molecule is CC1(CNC(=O)C2(N)CCOCC2)CCCS1.Cl. The number of nitrogens with two attached hydrogens (primary N) is 1. The molecule has 2 heterocycles. The van der Waals surface area contributed by atoms with Crippen LogP contribution < -0.4 is 11.1 Å². The van der Waals surface area contributed by atoms with E-state index < -0.39 is 5.54 Å². The number of rotatable bonds is 3. The highest BCUT2D eigenvalue weighted by atomic mass is 35.5. The predicted molar refractivity (Wildman–Crippen MR) is 77.3 cm³/mol. The fourth-order valence-electron chi connectivity index (χ4n) is 2.38. The van der Waals surface area contributed by atoms with Crippen LogP contribution in [0.15, 0.2) is 0 Å². The van der Waals surface area contributed by atoms with E-state index in [1.165, 1.54) is 18.6 Å². The lowest BCUT2D eigenvalue weighted by atomic mass is 9.90. The molecule has 3 N–H and O–H groups in total. The van der Waals surface area contributed by atoms with Crippen molar-refractivity contribution in [1.82, 2.24) is 5.32 Å². The maximum atomic E-state index is 12.1. The molecule has 6 heteroatoms. The van der Waals surface area contributed by atoms with Gasteiger partial charge in [-0.2, -0.15) is 11.8 Å². The highest BCUT2D eigenvalue weighted by molar-refractivity contribution is 8.00. The van der Waals surface area contributed by atoms with Gasteiger partial charge in [-0.25, -0.2) is 0 Å². The van der Waals surface area contributed by atoms with Crippen molar-refractivity contribution in [2.75, 3.05) is 25.5 Å². The van der Waals surface area contributed by atoms with E-state index in [1.807, 2.05) is 11.8 Å². The lowest BCUT2D eigenvalue weighted by Crippen LogP contribution is -2.58. The summed E-state index contributed by atoms with van der Waals surface area (Å²) in [6.45, 7) is 4.14.